The van der Waals surface area contributed by atoms with Crippen molar-refractivity contribution in [1.29, 1.82) is 0 Å². The zero-order valence-corrected chi connectivity index (χ0v) is 12.3. The molecule has 0 saturated heterocycles. The lowest BCUT2D eigenvalue weighted by Gasteiger charge is -2.19. The number of methoxy groups -OCH3 is 2. The van der Waals surface area contributed by atoms with Gasteiger partial charge in [-0.3, -0.25) is 0 Å². The second-order valence-electron chi connectivity index (χ2n) is 5.20. The fraction of sp³-hybridized carbons (Fsp3) is 0.429. The predicted octanol–water partition coefficient (Wildman–Crippen LogP) is 2.13. The van der Waals surface area contributed by atoms with Crippen molar-refractivity contribution in [3.63, 3.8) is 0 Å². The number of benzene rings is 1. The molecular formula is C14H19NO5. The van der Waals surface area contributed by atoms with Crippen molar-refractivity contribution in [2.24, 2.45) is 0 Å². The lowest BCUT2D eigenvalue weighted by molar-refractivity contribution is -0.530. The normalized spacial score (nSPS) is 12.2. The number of carbonyl (C=O) groups is 1. The van der Waals surface area contributed by atoms with Gasteiger partial charge in [0.1, 0.15) is 5.56 Å². The highest BCUT2D eigenvalue weighted by atomic mass is 16.5. The van der Waals surface area contributed by atoms with E-state index in [1.54, 1.807) is 26.8 Å². The topological polar surface area (TPSA) is 81.8 Å². The number of nitrogens with zero attached hydrogens (tertiary/aromatic N) is 1. The first-order chi connectivity index (χ1) is 9.22. The van der Waals surface area contributed by atoms with Crippen molar-refractivity contribution in [2.45, 2.75) is 26.3 Å². The molecule has 0 radical (unpaired) electrons. The number of rotatable bonds is 4. The molecule has 0 aliphatic rings. The number of aromatic carboxylic acids is 1. The number of hydrogen-bond acceptors (Lipinski definition) is 4. The summed E-state index contributed by atoms with van der Waals surface area (Å²) < 4.78 is 10.9. The van der Waals surface area contributed by atoms with Gasteiger partial charge in [-0.15, -0.1) is 0 Å². The number of hydrogen-bond donors (Lipinski definition) is 1. The van der Waals surface area contributed by atoms with E-state index < -0.39 is 11.5 Å². The summed E-state index contributed by atoms with van der Waals surface area (Å²) in [5, 5.41) is 21.3. The first kappa shape index (κ1) is 15.8. The van der Waals surface area contributed by atoms with Crippen LogP contribution in [0.3, 0.4) is 0 Å². The van der Waals surface area contributed by atoms with Crippen LogP contribution in [0.2, 0.25) is 0 Å². The van der Waals surface area contributed by atoms with Gasteiger partial charge in [0.25, 0.3) is 0 Å². The van der Waals surface area contributed by atoms with Crippen LogP contribution in [0.15, 0.2) is 12.1 Å². The summed E-state index contributed by atoms with van der Waals surface area (Å²) in [5.41, 5.74) is -0.500. The second-order valence-corrected chi connectivity index (χ2v) is 5.20. The third-order valence-corrected chi connectivity index (χ3v) is 2.71. The van der Waals surface area contributed by atoms with Crippen LogP contribution in [0.5, 0.6) is 11.5 Å². The molecule has 110 valence electrons. The maximum Gasteiger partial charge on any atom is 0.340 e. The molecule has 0 spiro atoms. The van der Waals surface area contributed by atoms with Gasteiger partial charge < -0.3 is 19.8 Å². The Morgan fingerprint density at radius 1 is 1.30 bits per heavy atom. The van der Waals surface area contributed by atoms with Crippen molar-refractivity contribution in [2.75, 3.05) is 14.2 Å². The summed E-state index contributed by atoms with van der Waals surface area (Å²) in [6.07, 6.45) is 1.24. The number of hydroxylamine groups is 1. The van der Waals surface area contributed by atoms with Gasteiger partial charge in [0, 0.05) is 20.8 Å². The Morgan fingerprint density at radius 2 is 1.90 bits per heavy atom. The van der Waals surface area contributed by atoms with Crippen LogP contribution in [-0.2, 0) is 0 Å². The number of carboxylic acid groups (broad SMARTS) is 1. The van der Waals surface area contributed by atoms with Gasteiger partial charge in [0.2, 0.25) is 0 Å². The SMILES string of the molecule is COc1ccc(/C=[N+](/[O-])C(C)(C)C)c(C(=O)O)c1OC. The first-order valence-electron chi connectivity index (χ1n) is 6.02. The Balaban J connectivity index is 3.53. The molecule has 0 saturated carbocycles. The van der Waals surface area contributed by atoms with Crippen LogP contribution in [-0.4, -0.2) is 41.8 Å². The third kappa shape index (κ3) is 3.20. The van der Waals surface area contributed by atoms with Gasteiger partial charge in [0.05, 0.1) is 19.8 Å². The summed E-state index contributed by atoms with van der Waals surface area (Å²) in [6, 6.07) is 3.08. The van der Waals surface area contributed by atoms with Crippen LogP contribution >= 0.6 is 0 Å². The molecule has 0 amide bonds. The van der Waals surface area contributed by atoms with Gasteiger partial charge in [-0.05, 0) is 12.1 Å². The maximum absolute atomic E-state index is 12.0. The van der Waals surface area contributed by atoms with E-state index in [2.05, 4.69) is 0 Å². The summed E-state index contributed by atoms with van der Waals surface area (Å²) in [7, 11) is 2.77. The van der Waals surface area contributed by atoms with Crippen LogP contribution in [0.1, 0.15) is 36.7 Å². The van der Waals surface area contributed by atoms with E-state index in [1.165, 1.54) is 26.5 Å². The number of carboxylic acids is 1. The van der Waals surface area contributed by atoms with Crippen LogP contribution < -0.4 is 9.47 Å². The van der Waals surface area contributed by atoms with Gasteiger partial charge in [-0.1, -0.05) is 0 Å². The smallest absolute Gasteiger partial charge is 0.340 e. The minimum absolute atomic E-state index is 0.0936. The molecule has 1 aromatic rings. The summed E-state index contributed by atoms with van der Waals surface area (Å²) >= 11 is 0. The second kappa shape index (κ2) is 5.81. The molecule has 0 aliphatic heterocycles. The van der Waals surface area contributed by atoms with Crippen molar-refractivity contribution in [1.82, 2.24) is 0 Å². The Hall–Kier alpha value is -2.24. The van der Waals surface area contributed by atoms with Gasteiger partial charge in [-0.2, -0.15) is 0 Å². The lowest BCUT2D eigenvalue weighted by atomic mass is 10.1. The van der Waals surface area contributed by atoms with E-state index in [9.17, 15) is 15.1 Å². The van der Waals surface area contributed by atoms with E-state index in [1.807, 2.05) is 0 Å². The molecule has 1 N–H and O–H groups in total. The largest absolute Gasteiger partial charge is 0.623 e. The fourth-order valence-corrected chi connectivity index (χ4v) is 1.59. The molecule has 0 unspecified atom stereocenters. The minimum atomic E-state index is -1.19. The fourth-order valence-electron chi connectivity index (χ4n) is 1.59. The molecule has 1 rings (SSSR count). The van der Waals surface area contributed by atoms with Crippen molar-refractivity contribution < 1.29 is 24.1 Å². The van der Waals surface area contributed by atoms with Crippen molar-refractivity contribution in [3.05, 3.63) is 28.5 Å². The molecule has 0 atom stereocenters. The number of ether oxygens (including phenoxy) is 2. The highest BCUT2D eigenvalue weighted by molar-refractivity contribution is 6.00. The molecule has 0 aliphatic carbocycles. The van der Waals surface area contributed by atoms with Crippen LogP contribution in [0, 0.1) is 5.21 Å². The molecule has 6 nitrogen and oxygen atoms in total. The Kier molecular flexibility index (Phi) is 4.60. The highest BCUT2D eigenvalue weighted by Crippen LogP contribution is 2.33. The molecule has 6 heteroatoms. The standard InChI is InChI=1S/C14H19NO5/c1-14(2,3)15(18)8-9-6-7-10(19-4)12(20-5)11(9)13(16)17/h6-8H,1-5H3,(H,16,17)/b15-8+. The minimum Gasteiger partial charge on any atom is -0.623 e. The molecule has 1 aromatic carbocycles. The maximum atomic E-state index is 12.0. The summed E-state index contributed by atoms with van der Waals surface area (Å²) in [6.45, 7) is 5.20. The van der Waals surface area contributed by atoms with Gasteiger partial charge in [0.15, 0.2) is 23.3 Å². The van der Waals surface area contributed by atoms with E-state index >= 15 is 0 Å². The average Bonchev–Trinajstić information content (AvgIpc) is 2.36. The van der Waals surface area contributed by atoms with Gasteiger partial charge >= 0.3 is 5.97 Å². The van der Waals surface area contributed by atoms with E-state index in [-0.39, 0.29) is 16.9 Å². The Morgan fingerprint density at radius 3 is 2.30 bits per heavy atom. The summed E-state index contributed by atoms with van der Waals surface area (Å²) in [5.74, 6) is -0.791. The zero-order chi connectivity index (χ0) is 15.5. The van der Waals surface area contributed by atoms with Crippen molar-refractivity contribution >= 4 is 12.2 Å². The monoisotopic (exact) mass is 281 g/mol. The Bertz CT molecular complexity index is 543. The third-order valence-electron chi connectivity index (χ3n) is 2.71. The highest BCUT2D eigenvalue weighted by Gasteiger charge is 2.24. The molecule has 0 heterocycles. The van der Waals surface area contributed by atoms with E-state index in [0.29, 0.717) is 10.5 Å². The predicted molar refractivity (Wildman–Crippen MR) is 75.1 cm³/mol. The zero-order valence-electron chi connectivity index (χ0n) is 12.3. The Labute approximate surface area is 117 Å². The lowest BCUT2D eigenvalue weighted by Crippen LogP contribution is -2.29. The van der Waals surface area contributed by atoms with Crippen molar-refractivity contribution in [3.8, 4) is 11.5 Å². The van der Waals surface area contributed by atoms with E-state index in [4.69, 9.17) is 9.47 Å². The molecule has 0 fully saturated rings. The quantitative estimate of drug-likeness (QED) is 0.395. The first-order valence-corrected chi connectivity index (χ1v) is 6.02. The molecular weight excluding hydrogens is 262 g/mol. The molecule has 0 aromatic heterocycles. The van der Waals surface area contributed by atoms with Crippen LogP contribution in [0.4, 0.5) is 0 Å². The van der Waals surface area contributed by atoms with E-state index in [0.717, 1.165) is 0 Å². The summed E-state index contributed by atoms with van der Waals surface area (Å²) in [4.78, 5) is 11.4. The average molecular weight is 281 g/mol. The molecule has 20 heavy (non-hydrogen) atoms. The molecule has 0 bridgehead atoms. The van der Waals surface area contributed by atoms with Gasteiger partial charge in [-0.25, -0.2) is 9.53 Å². The van der Waals surface area contributed by atoms with Crippen LogP contribution in [0.25, 0.3) is 0 Å².